The van der Waals surface area contributed by atoms with Gasteiger partial charge in [0.1, 0.15) is 23.0 Å². The van der Waals surface area contributed by atoms with Crippen molar-refractivity contribution in [1.29, 1.82) is 0 Å². The minimum atomic E-state index is 0.865. The Kier molecular flexibility index (Phi) is 15.7. The number of ether oxygens (including phenoxy) is 2. The molecule has 0 saturated heterocycles. The number of hydrogen-bond acceptors (Lipinski definition) is 2. The van der Waals surface area contributed by atoms with Crippen molar-refractivity contribution in [2.45, 2.75) is 141 Å². The van der Waals surface area contributed by atoms with E-state index in [0.29, 0.717) is 0 Å². The van der Waals surface area contributed by atoms with Crippen LogP contribution in [0, 0.1) is 0 Å². The quantitative estimate of drug-likeness (QED) is 0.0306. The van der Waals surface area contributed by atoms with Crippen LogP contribution in [0.3, 0.4) is 0 Å². The summed E-state index contributed by atoms with van der Waals surface area (Å²) in [4.78, 5) is 0. The molecule has 2 heteroatoms. The third-order valence-electron chi connectivity index (χ3n) is 16.4. The van der Waals surface area contributed by atoms with E-state index in [4.69, 9.17) is 9.47 Å². The lowest BCUT2D eigenvalue weighted by atomic mass is 9.94. The summed E-state index contributed by atoms with van der Waals surface area (Å²) in [6.45, 7) is 7.80. The first-order valence-electron chi connectivity index (χ1n) is 28.5. The SMILES string of the molecule is C=CCCCCCCCCCCc1ccc2c(c1Oc1c3cc4ccccc4cc3c(Oc3c(CCCCCCCCCCC=C)ccc4c3Cc3ccccc3-4)c3cc4ccccc4cc13)Cc1ccccc1-2. The Labute approximate surface area is 441 Å². The number of fused-ring (bicyclic) bond motifs is 10. The summed E-state index contributed by atoms with van der Waals surface area (Å²) in [5, 5.41) is 9.08. The average molecular weight is 971 g/mol. The van der Waals surface area contributed by atoms with Crippen molar-refractivity contribution < 1.29 is 9.47 Å². The monoisotopic (exact) mass is 971 g/mol. The lowest BCUT2D eigenvalue weighted by Gasteiger charge is -2.23. The Balaban J connectivity index is 1.01. The first kappa shape index (κ1) is 49.3. The van der Waals surface area contributed by atoms with Gasteiger partial charge in [0.05, 0.1) is 0 Å². The van der Waals surface area contributed by atoms with Crippen molar-refractivity contribution in [2.75, 3.05) is 0 Å². The van der Waals surface area contributed by atoms with Gasteiger partial charge < -0.3 is 9.47 Å². The highest BCUT2D eigenvalue weighted by atomic mass is 16.5. The Hall–Kier alpha value is -6.90. The molecule has 74 heavy (non-hydrogen) atoms. The van der Waals surface area contributed by atoms with Gasteiger partial charge in [0.15, 0.2) is 0 Å². The topological polar surface area (TPSA) is 18.5 Å². The molecule has 0 aromatic heterocycles. The van der Waals surface area contributed by atoms with Crippen LogP contribution in [0.25, 0.3) is 65.3 Å². The summed E-state index contributed by atoms with van der Waals surface area (Å²) in [5.41, 5.74) is 13.2. The second-order valence-electron chi connectivity index (χ2n) is 21.5. The number of unbranched alkanes of at least 4 members (excludes halogenated alkanes) is 16. The van der Waals surface area contributed by atoms with Crippen LogP contribution in [-0.2, 0) is 25.7 Å². The van der Waals surface area contributed by atoms with Gasteiger partial charge in [-0.1, -0.05) is 211 Å². The first-order chi connectivity index (χ1) is 36.7. The molecular formula is C72H74O2. The molecule has 0 unspecified atom stereocenters. The van der Waals surface area contributed by atoms with Crippen LogP contribution in [0.1, 0.15) is 149 Å². The standard InChI is InChI=1S/C72H74O2/c1-3-5-7-9-11-13-15-17-19-21-31-51-41-43-61-59-39-29-27-37-57(59)49-63(61)69(51)73-71-65-45-53-33-23-25-35-55(53)47-67(65)72(68-48-56-36-26-24-34-54(56)46-66(68)71)74-70-52(32-22-20-18-16-14-12-10-8-6-4-2)42-44-62-60-40-30-28-38-58(60)50-64(62)70/h3-4,23-30,33-48H,1-2,5-22,31-32,49-50H2. The zero-order chi connectivity index (χ0) is 50.1. The smallest absolute Gasteiger partial charge is 0.143 e. The lowest BCUT2D eigenvalue weighted by Crippen LogP contribution is -2.01. The summed E-state index contributed by atoms with van der Waals surface area (Å²) in [6, 6.07) is 54.5. The Morgan fingerprint density at radius 3 is 1.01 bits per heavy atom. The van der Waals surface area contributed by atoms with E-state index in [-0.39, 0.29) is 0 Å². The predicted octanol–water partition coefficient (Wildman–Crippen LogP) is 21.5. The van der Waals surface area contributed by atoms with Crippen LogP contribution in [0.2, 0.25) is 0 Å². The zero-order valence-electron chi connectivity index (χ0n) is 43.8. The highest BCUT2D eigenvalue weighted by Crippen LogP contribution is 2.53. The van der Waals surface area contributed by atoms with Gasteiger partial charge in [0.2, 0.25) is 0 Å². The number of hydrogen-bond donors (Lipinski definition) is 0. The molecule has 0 saturated carbocycles. The second-order valence-corrected chi connectivity index (χ2v) is 21.5. The minimum absolute atomic E-state index is 0.865. The van der Waals surface area contributed by atoms with Gasteiger partial charge in [0, 0.05) is 45.5 Å². The summed E-state index contributed by atoms with van der Waals surface area (Å²) in [7, 11) is 0. The Bertz CT molecular complexity index is 3140. The minimum Gasteiger partial charge on any atom is -0.455 e. The molecule has 9 aromatic rings. The van der Waals surface area contributed by atoms with Gasteiger partial charge in [0.25, 0.3) is 0 Å². The van der Waals surface area contributed by atoms with Crippen molar-refractivity contribution in [3.63, 3.8) is 0 Å². The van der Waals surface area contributed by atoms with Gasteiger partial charge in [-0.3, -0.25) is 0 Å². The van der Waals surface area contributed by atoms with Crippen LogP contribution in [-0.4, -0.2) is 0 Å². The fourth-order valence-corrected chi connectivity index (χ4v) is 12.4. The second kappa shape index (κ2) is 23.5. The molecule has 0 amide bonds. The molecule has 0 heterocycles. The molecule has 0 spiro atoms. The van der Waals surface area contributed by atoms with E-state index in [2.05, 4.69) is 171 Å². The average Bonchev–Trinajstić information content (AvgIpc) is 4.02. The van der Waals surface area contributed by atoms with E-state index in [1.807, 2.05) is 0 Å². The third-order valence-corrected chi connectivity index (χ3v) is 16.4. The van der Waals surface area contributed by atoms with Gasteiger partial charge >= 0.3 is 0 Å². The molecule has 0 atom stereocenters. The largest absolute Gasteiger partial charge is 0.455 e. The van der Waals surface area contributed by atoms with Gasteiger partial charge in [-0.15, -0.1) is 13.2 Å². The molecule has 9 aromatic carbocycles. The van der Waals surface area contributed by atoms with Gasteiger partial charge in [-0.2, -0.15) is 0 Å². The molecule has 0 aliphatic heterocycles. The van der Waals surface area contributed by atoms with Gasteiger partial charge in [-0.05, 0) is 142 Å². The molecule has 0 fully saturated rings. The zero-order valence-corrected chi connectivity index (χ0v) is 43.8. The highest BCUT2D eigenvalue weighted by molar-refractivity contribution is 6.17. The summed E-state index contributed by atoms with van der Waals surface area (Å²) < 4.78 is 15.7. The Morgan fingerprint density at radius 1 is 0.324 bits per heavy atom. The molecule has 2 aliphatic carbocycles. The maximum absolute atomic E-state index is 7.85. The normalized spacial score (nSPS) is 12.3. The Morgan fingerprint density at radius 2 is 0.649 bits per heavy atom. The molecule has 374 valence electrons. The lowest BCUT2D eigenvalue weighted by molar-refractivity contribution is 0.472. The van der Waals surface area contributed by atoms with E-state index < -0.39 is 0 Å². The summed E-state index contributed by atoms with van der Waals surface area (Å²) >= 11 is 0. The van der Waals surface area contributed by atoms with Crippen LogP contribution in [0.5, 0.6) is 23.0 Å². The number of allylic oxidation sites excluding steroid dienone is 2. The maximum Gasteiger partial charge on any atom is 0.143 e. The van der Waals surface area contributed by atoms with Crippen LogP contribution in [0.4, 0.5) is 0 Å². The predicted molar refractivity (Wildman–Crippen MR) is 317 cm³/mol. The van der Waals surface area contributed by atoms with Crippen LogP contribution >= 0.6 is 0 Å². The van der Waals surface area contributed by atoms with Crippen LogP contribution in [0.15, 0.2) is 171 Å². The van der Waals surface area contributed by atoms with Crippen molar-refractivity contribution in [1.82, 2.24) is 0 Å². The first-order valence-corrected chi connectivity index (χ1v) is 28.5. The summed E-state index contributed by atoms with van der Waals surface area (Å²) in [5.74, 6) is 3.89. The van der Waals surface area contributed by atoms with E-state index in [9.17, 15) is 0 Å². The highest BCUT2D eigenvalue weighted by Gasteiger charge is 2.29. The van der Waals surface area contributed by atoms with E-state index in [1.165, 1.54) is 167 Å². The molecule has 2 nitrogen and oxygen atoms in total. The molecule has 11 rings (SSSR count). The molecule has 0 bridgehead atoms. The van der Waals surface area contributed by atoms with E-state index in [0.717, 1.165) is 95.9 Å². The van der Waals surface area contributed by atoms with Gasteiger partial charge in [-0.25, -0.2) is 0 Å². The molecular weight excluding hydrogens is 897 g/mol. The van der Waals surface area contributed by atoms with Crippen molar-refractivity contribution >= 4 is 43.1 Å². The van der Waals surface area contributed by atoms with E-state index >= 15 is 0 Å². The number of aryl methyl sites for hydroxylation is 2. The third kappa shape index (κ3) is 10.6. The number of rotatable bonds is 26. The van der Waals surface area contributed by atoms with Crippen LogP contribution < -0.4 is 9.47 Å². The van der Waals surface area contributed by atoms with Crippen molar-refractivity contribution in [2.24, 2.45) is 0 Å². The van der Waals surface area contributed by atoms with E-state index in [1.54, 1.807) is 0 Å². The number of benzene rings is 9. The molecule has 0 radical (unpaired) electrons. The fraction of sp³-hybridized carbons (Fsp3) is 0.306. The molecule has 0 N–H and O–H groups in total. The van der Waals surface area contributed by atoms with Crippen molar-refractivity contribution in [3.05, 3.63) is 204 Å². The molecule has 2 aliphatic rings. The maximum atomic E-state index is 7.85. The van der Waals surface area contributed by atoms with Crippen molar-refractivity contribution in [3.8, 4) is 45.3 Å². The fourth-order valence-electron chi connectivity index (χ4n) is 12.4. The summed E-state index contributed by atoms with van der Waals surface area (Å²) in [6.07, 6.45) is 30.5.